The quantitative estimate of drug-likeness (QED) is 0.556. The number of urea groups is 1. The standard InChI is InChI=1S/C12H21N3O3/c1-2-3-6-18-11(16)9-14-4-5-15-10(8-14)7-13-12(15)17/h10H,2-9H2,1H3,(H,13,17). The van der Waals surface area contributed by atoms with E-state index in [1.807, 2.05) is 4.90 Å². The normalized spacial score (nSPS) is 23.7. The number of ether oxygens (including phenoxy) is 1. The topological polar surface area (TPSA) is 61.9 Å². The first-order chi connectivity index (χ1) is 8.70. The maximum Gasteiger partial charge on any atom is 0.320 e. The Morgan fingerprint density at radius 1 is 1.50 bits per heavy atom. The number of hydrogen-bond donors (Lipinski definition) is 1. The minimum atomic E-state index is -0.158. The highest BCUT2D eigenvalue weighted by Crippen LogP contribution is 2.13. The van der Waals surface area contributed by atoms with Crippen LogP contribution >= 0.6 is 0 Å². The molecule has 1 N–H and O–H groups in total. The maximum absolute atomic E-state index is 11.6. The van der Waals surface area contributed by atoms with Crippen LogP contribution in [0.5, 0.6) is 0 Å². The van der Waals surface area contributed by atoms with Crippen molar-refractivity contribution in [2.45, 2.75) is 25.8 Å². The Morgan fingerprint density at radius 2 is 2.33 bits per heavy atom. The van der Waals surface area contributed by atoms with Crippen molar-refractivity contribution in [3.63, 3.8) is 0 Å². The van der Waals surface area contributed by atoms with Gasteiger partial charge in [-0.2, -0.15) is 0 Å². The molecule has 0 aromatic heterocycles. The first kappa shape index (κ1) is 13.1. The highest BCUT2D eigenvalue weighted by Gasteiger charge is 2.35. The third kappa shape index (κ3) is 3.13. The zero-order valence-electron chi connectivity index (χ0n) is 10.9. The lowest BCUT2D eigenvalue weighted by atomic mass is 10.2. The number of esters is 1. The third-order valence-electron chi connectivity index (χ3n) is 3.43. The molecule has 1 atom stereocenters. The first-order valence-electron chi connectivity index (χ1n) is 6.63. The van der Waals surface area contributed by atoms with Crippen LogP contribution in [0.4, 0.5) is 4.79 Å². The molecule has 1 unspecified atom stereocenters. The number of hydrogen-bond acceptors (Lipinski definition) is 4. The Balaban J connectivity index is 1.72. The number of carbonyl (C=O) groups excluding carboxylic acids is 2. The lowest BCUT2D eigenvalue weighted by molar-refractivity contribution is -0.145. The van der Waals surface area contributed by atoms with E-state index in [0.717, 1.165) is 25.9 Å². The van der Waals surface area contributed by atoms with Gasteiger partial charge < -0.3 is 15.0 Å². The molecule has 2 aliphatic rings. The zero-order valence-corrected chi connectivity index (χ0v) is 10.9. The molecule has 0 spiro atoms. The van der Waals surface area contributed by atoms with Gasteiger partial charge in [-0.1, -0.05) is 13.3 Å². The molecular formula is C12H21N3O3. The van der Waals surface area contributed by atoms with E-state index in [2.05, 4.69) is 17.1 Å². The summed E-state index contributed by atoms with van der Waals surface area (Å²) in [5, 5.41) is 2.82. The number of unbranched alkanes of at least 4 members (excludes halogenated alkanes) is 1. The van der Waals surface area contributed by atoms with E-state index >= 15 is 0 Å². The second kappa shape index (κ2) is 6.04. The molecule has 18 heavy (non-hydrogen) atoms. The summed E-state index contributed by atoms with van der Waals surface area (Å²) in [7, 11) is 0. The molecule has 0 radical (unpaired) electrons. The second-order valence-corrected chi connectivity index (χ2v) is 4.84. The molecule has 2 saturated heterocycles. The summed E-state index contributed by atoms with van der Waals surface area (Å²) < 4.78 is 5.14. The molecule has 2 amide bonds. The van der Waals surface area contributed by atoms with Gasteiger partial charge in [0, 0.05) is 26.2 Å². The van der Waals surface area contributed by atoms with Crippen molar-refractivity contribution in [3.8, 4) is 0 Å². The molecule has 0 bridgehead atoms. The van der Waals surface area contributed by atoms with Crippen molar-refractivity contribution in [1.82, 2.24) is 15.1 Å². The van der Waals surface area contributed by atoms with E-state index in [1.54, 1.807) is 0 Å². The fraction of sp³-hybridized carbons (Fsp3) is 0.833. The van der Waals surface area contributed by atoms with Gasteiger partial charge in [0.05, 0.1) is 19.2 Å². The number of nitrogens with zero attached hydrogens (tertiary/aromatic N) is 2. The van der Waals surface area contributed by atoms with E-state index in [4.69, 9.17) is 4.74 Å². The monoisotopic (exact) mass is 255 g/mol. The maximum atomic E-state index is 11.6. The Bertz CT molecular complexity index is 322. The molecule has 6 nitrogen and oxygen atoms in total. The number of amides is 2. The minimum absolute atomic E-state index is 0.0187. The highest BCUT2D eigenvalue weighted by atomic mass is 16.5. The summed E-state index contributed by atoms with van der Waals surface area (Å²) in [6, 6.07) is 0.222. The van der Waals surface area contributed by atoms with Crippen LogP contribution in [0.1, 0.15) is 19.8 Å². The predicted octanol–water partition coefficient (Wildman–Crippen LogP) is 0.0391. The zero-order chi connectivity index (χ0) is 13.0. The number of carbonyl (C=O) groups is 2. The minimum Gasteiger partial charge on any atom is -0.465 e. The van der Waals surface area contributed by atoms with Gasteiger partial charge >= 0.3 is 12.0 Å². The van der Waals surface area contributed by atoms with Crippen LogP contribution in [-0.4, -0.2) is 67.2 Å². The summed E-state index contributed by atoms with van der Waals surface area (Å²) >= 11 is 0. The van der Waals surface area contributed by atoms with Crippen LogP contribution < -0.4 is 5.32 Å². The molecule has 0 aromatic rings. The molecule has 2 heterocycles. The van der Waals surface area contributed by atoms with Gasteiger partial charge in [0.2, 0.25) is 0 Å². The SMILES string of the molecule is CCCCOC(=O)CN1CCN2C(=O)NCC2C1. The number of piperazine rings is 1. The lowest BCUT2D eigenvalue weighted by Gasteiger charge is -2.35. The van der Waals surface area contributed by atoms with Gasteiger partial charge in [0.1, 0.15) is 0 Å². The molecule has 2 fully saturated rings. The molecule has 2 aliphatic heterocycles. The van der Waals surface area contributed by atoms with Crippen molar-refractivity contribution < 1.29 is 14.3 Å². The van der Waals surface area contributed by atoms with E-state index < -0.39 is 0 Å². The molecular weight excluding hydrogens is 234 g/mol. The summed E-state index contributed by atoms with van der Waals surface area (Å²) in [4.78, 5) is 26.9. The van der Waals surface area contributed by atoms with Gasteiger partial charge in [-0.15, -0.1) is 0 Å². The van der Waals surface area contributed by atoms with Crippen LogP contribution in [0, 0.1) is 0 Å². The van der Waals surface area contributed by atoms with Crippen molar-refractivity contribution in [3.05, 3.63) is 0 Å². The Morgan fingerprint density at radius 3 is 3.11 bits per heavy atom. The molecule has 0 aromatic carbocycles. The van der Waals surface area contributed by atoms with E-state index in [9.17, 15) is 9.59 Å². The van der Waals surface area contributed by atoms with Crippen molar-refractivity contribution >= 4 is 12.0 Å². The van der Waals surface area contributed by atoms with Crippen molar-refractivity contribution in [2.75, 3.05) is 39.3 Å². The molecule has 6 heteroatoms. The summed E-state index contributed by atoms with van der Waals surface area (Å²) in [5.74, 6) is -0.158. The van der Waals surface area contributed by atoms with Crippen LogP contribution in [-0.2, 0) is 9.53 Å². The van der Waals surface area contributed by atoms with Gasteiger partial charge in [0.15, 0.2) is 0 Å². The smallest absolute Gasteiger partial charge is 0.320 e. The molecule has 2 rings (SSSR count). The predicted molar refractivity (Wildman–Crippen MR) is 66.2 cm³/mol. The molecule has 102 valence electrons. The number of fused-ring (bicyclic) bond motifs is 1. The summed E-state index contributed by atoms with van der Waals surface area (Å²) in [5.41, 5.74) is 0. The molecule has 0 saturated carbocycles. The second-order valence-electron chi connectivity index (χ2n) is 4.84. The Labute approximate surface area is 107 Å². The van der Waals surface area contributed by atoms with E-state index in [0.29, 0.717) is 26.2 Å². The number of nitrogens with one attached hydrogen (secondary N) is 1. The fourth-order valence-electron chi connectivity index (χ4n) is 2.37. The van der Waals surface area contributed by atoms with Gasteiger partial charge in [-0.3, -0.25) is 9.69 Å². The molecule has 0 aliphatic carbocycles. The third-order valence-corrected chi connectivity index (χ3v) is 3.43. The Hall–Kier alpha value is -1.30. The van der Waals surface area contributed by atoms with Crippen LogP contribution in [0.25, 0.3) is 0 Å². The summed E-state index contributed by atoms with van der Waals surface area (Å²) in [6.07, 6.45) is 1.95. The van der Waals surface area contributed by atoms with Crippen molar-refractivity contribution in [1.29, 1.82) is 0 Å². The number of rotatable bonds is 5. The van der Waals surface area contributed by atoms with E-state index in [1.165, 1.54) is 0 Å². The van der Waals surface area contributed by atoms with Crippen LogP contribution in [0.15, 0.2) is 0 Å². The van der Waals surface area contributed by atoms with Gasteiger partial charge in [0.25, 0.3) is 0 Å². The van der Waals surface area contributed by atoms with E-state index in [-0.39, 0.29) is 18.0 Å². The average molecular weight is 255 g/mol. The van der Waals surface area contributed by atoms with Crippen molar-refractivity contribution in [2.24, 2.45) is 0 Å². The fourth-order valence-corrected chi connectivity index (χ4v) is 2.37. The largest absolute Gasteiger partial charge is 0.465 e. The summed E-state index contributed by atoms with van der Waals surface area (Å²) in [6.45, 7) is 5.78. The first-order valence-corrected chi connectivity index (χ1v) is 6.63. The Kier molecular flexibility index (Phi) is 4.41. The average Bonchev–Trinajstić information content (AvgIpc) is 2.71. The van der Waals surface area contributed by atoms with Crippen LogP contribution in [0.2, 0.25) is 0 Å². The van der Waals surface area contributed by atoms with Gasteiger partial charge in [-0.25, -0.2) is 4.79 Å². The highest BCUT2D eigenvalue weighted by molar-refractivity contribution is 5.77. The van der Waals surface area contributed by atoms with Gasteiger partial charge in [-0.05, 0) is 6.42 Å². The lowest BCUT2D eigenvalue weighted by Crippen LogP contribution is -2.53. The van der Waals surface area contributed by atoms with Crippen LogP contribution in [0.3, 0.4) is 0 Å².